The van der Waals surface area contributed by atoms with Gasteiger partial charge in [0.15, 0.2) is 5.82 Å². The summed E-state index contributed by atoms with van der Waals surface area (Å²) in [6, 6.07) is 8.41. The first-order valence-electron chi connectivity index (χ1n) is 12.1. The summed E-state index contributed by atoms with van der Waals surface area (Å²) in [5, 5.41) is 8.67. The molecule has 0 unspecified atom stereocenters. The van der Waals surface area contributed by atoms with E-state index in [9.17, 15) is 4.39 Å². The molecule has 0 bridgehead atoms. The van der Waals surface area contributed by atoms with Crippen LogP contribution in [0.2, 0.25) is 0 Å². The molecular formula is C26H26FN9O. The van der Waals surface area contributed by atoms with Gasteiger partial charge in [-0.25, -0.2) is 23.9 Å². The van der Waals surface area contributed by atoms with Gasteiger partial charge in [-0.15, -0.1) is 0 Å². The van der Waals surface area contributed by atoms with Crippen molar-refractivity contribution in [3.8, 4) is 11.1 Å². The lowest BCUT2D eigenvalue weighted by molar-refractivity contribution is 0.106. The van der Waals surface area contributed by atoms with Crippen LogP contribution >= 0.6 is 0 Å². The van der Waals surface area contributed by atoms with E-state index in [0.29, 0.717) is 19.2 Å². The summed E-state index contributed by atoms with van der Waals surface area (Å²) in [7, 11) is 1.91. The number of benzene rings is 1. The van der Waals surface area contributed by atoms with E-state index in [1.54, 1.807) is 35.5 Å². The normalized spacial score (nSPS) is 14.0. The van der Waals surface area contributed by atoms with E-state index in [1.807, 2.05) is 30.2 Å². The zero-order valence-electron chi connectivity index (χ0n) is 20.4. The average molecular weight is 500 g/mol. The first-order valence-corrected chi connectivity index (χ1v) is 12.1. The van der Waals surface area contributed by atoms with Crippen LogP contribution in [0.25, 0.3) is 16.6 Å². The largest absolute Gasteiger partial charge is 0.372 e. The van der Waals surface area contributed by atoms with E-state index in [2.05, 4.69) is 41.0 Å². The van der Waals surface area contributed by atoms with Gasteiger partial charge >= 0.3 is 0 Å². The second kappa shape index (κ2) is 9.94. The minimum Gasteiger partial charge on any atom is -0.372 e. The number of rotatable bonds is 7. The summed E-state index contributed by atoms with van der Waals surface area (Å²) in [5.41, 5.74) is 4.89. The number of hydrogen-bond acceptors (Lipinski definition) is 8. The Morgan fingerprint density at radius 3 is 2.27 bits per heavy atom. The Kier molecular flexibility index (Phi) is 6.19. The first-order chi connectivity index (χ1) is 18.1. The Morgan fingerprint density at radius 2 is 1.54 bits per heavy atom. The lowest BCUT2D eigenvalue weighted by atomic mass is 10.2. The van der Waals surface area contributed by atoms with E-state index in [0.717, 1.165) is 59.8 Å². The molecular weight excluding hydrogens is 473 g/mol. The molecule has 37 heavy (non-hydrogen) atoms. The summed E-state index contributed by atoms with van der Waals surface area (Å²) in [6.07, 6.45) is 11.0. The Bertz CT molecular complexity index is 1490. The van der Waals surface area contributed by atoms with Crippen LogP contribution in [0.5, 0.6) is 0 Å². The molecule has 1 aromatic carbocycles. The van der Waals surface area contributed by atoms with Crippen LogP contribution in [0, 0.1) is 5.82 Å². The third kappa shape index (κ3) is 4.98. The van der Waals surface area contributed by atoms with Crippen LogP contribution in [-0.2, 0) is 25.0 Å². The van der Waals surface area contributed by atoms with Gasteiger partial charge in [-0.2, -0.15) is 10.2 Å². The standard InChI is InChI=1S/C26H26FN9O/c1-33-14-22(13-31-33)21-10-24-25(30-18-32-36(24)15-21)34-6-8-35(9-7-34)26-28-11-20(12-29-26)17-37-16-19-2-4-23(27)5-3-19/h2-5,10-15,18H,6-9,16-17H2,1H3. The molecule has 0 aliphatic carbocycles. The Hall–Kier alpha value is -4.38. The Morgan fingerprint density at radius 1 is 0.811 bits per heavy atom. The summed E-state index contributed by atoms with van der Waals surface area (Å²) in [4.78, 5) is 18.2. The molecule has 0 saturated carbocycles. The average Bonchev–Trinajstić information content (AvgIpc) is 3.56. The van der Waals surface area contributed by atoms with Crippen molar-refractivity contribution in [2.45, 2.75) is 13.2 Å². The van der Waals surface area contributed by atoms with Gasteiger partial charge < -0.3 is 14.5 Å². The highest BCUT2D eigenvalue weighted by atomic mass is 19.1. The second-order valence-corrected chi connectivity index (χ2v) is 9.03. The lowest BCUT2D eigenvalue weighted by Crippen LogP contribution is -2.47. The molecule has 11 heteroatoms. The third-order valence-electron chi connectivity index (χ3n) is 6.43. The summed E-state index contributed by atoms with van der Waals surface area (Å²) in [5.74, 6) is 1.37. The summed E-state index contributed by atoms with van der Waals surface area (Å²) in [6.45, 7) is 3.97. The zero-order chi connectivity index (χ0) is 25.2. The van der Waals surface area contributed by atoms with Gasteiger partial charge in [0.25, 0.3) is 0 Å². The van der Waals surface area contributed by atoms with Crippen molar-refractivity contribution in [1.82, 2.24) is 34.3 Å². The third-order valence-corrected chi connectivity index (χ3v) is 6.43. The van der Waals surface area contributed by atoms with Gasteiger partial charge in [0, 0.05) is 74.7 Å². The molecule has 1 saturated heterocycles. The monoisotopic (exact) mass is 499 g/mol. The molecule has 10 nitrogen and oxygen atoms in total. The molecule has 0 radical (unpaired) electrons. The SMILES string of the molecule is Cn1cc(-c2cc3c(N4CCN(c5ncc(COCc6ccc(F)cc6)cn5)CC4)ncnn3c2)cn1. The maximum atomic E-state index is 13.0. The van der Waals surface area contributed by atoms with Gasteiger partial charge in [-0.1, -0.05) is 12.1 Å². The van der Waals surface area contributed by atoms with Crippen LogP contribution in [0.3, 0.4) is 0 Å². The van der Waals surface area contributed by atoms with Crippen molar-refractivity contribution in [3.05, 3.63) is 84.6 Å². The topological polar surface area (TPSA) is 89.5 Å². The minimum atomic E-state index is -0.251. The van der Waals surface area contributed by atoms with Crippen LogP contribution in [0.15, 0.2) is 67.6 Å². The smallest absolute Gasteiger partial charge is 0.225 e. The van der Waals surface area contributed by atoms with Crippen molar-refractivity contribution in [3.63, 3.8) is 0 Å². The van der Waals surface area contributed by atoms with Crippen molar-refractivity contribution in [1.29, 1.82) is 0 Å². The molecule has 5 heterocycles. The number of aryl methyl sites for hydroxylation is 1. The highest BCUT2D eigenvalue weighted by molar-refractivity contribution is 5.77. The van der Waals surface area contributed by atoms with Crippen molar-refractivity contribution < 1.29 is 9.13 Å². The maximum Gasteiger partial charge on any atom is 0.225 e. The summed E-state index contributed by atoms with van der Waals surface area (Å²) < 4.78 is 22.4. The van der Waals surface area contributed by atoms with Gasteiger partial charge in [-0.3, -0.25) is 4.68 Å². The summed E-state index contributed by atoms with van der Waals surface area (Å²) >= 11 is 0. The zero-order valence-corrected chi connectivity index (χ0v) is 20.4. The van der Waals surface area contributed by atoms with Gasteiger partial charge in [0.2, 0.25) is 5.95 Å². The van der Waals surface area contributed by atoms with Crippen molar-refractivity contribution in [2.75, 3.05) is 36.0 Å². The molecule has 0 N–H and O–H groups in total. The number of ether oxygens (including phenoxy) is 1. The number of piperazine rings is 1. The molecule has 5 aromatic rings. The molecule has 1 aliphatic heterocycles. The molecule has 6 rings (SSSR count). The van der Waals surface area contributed by atoms with Gasteiger partial charge in [0.05, 0.1) is 19.4 Å². The Balaban J connectivity index is 1.07. The number of aromatic nitrogens is 7. The molecule has 0 atom stereocenters. The highest BCUT2D eigenvalue weighted by Gasteiger charge is 2.22. The van der Waals surface area contributed by atoms with Crippen LogP contribution in [0.4, 0.5) is 16.2 Å². The van der Waals surface area contributed by atoms with Crippen molar-refractivity contribution >= 4 is 17.3 Å². The predicted octanol–water partition coefficient (Wildman–Crippen LogP) is 3.10. The van der Waals surface area contributed by atoms with Crippen molar-refractivity contribution in [2.24, 2.45) is 7.05 Å². The number of halogens is 1. The molecule has 188 valence electrons. The first kappa shape index (κ1) is 23.0. The molecule has 1 fully saturated rings. The number of nitrogens with zero attached hydrogens (tertiary/aromatic N) is 9. The van der Waals surface area contributed by atoms with Crippen LogP contribution < -0.4 is 9.80 Å². The number of hydrogen-bond donors (Lipinski definition) is 0. The second-order valence-electron chi connectivity index (χ2n) is 9.03. The van der Waals surface area contributed by atoms with E-state index in [-0.39, 0.29) is 5.82 Å². The predicted molar refractivity (Wildman–Crippen MR) is 137 cm³/mol. The van der Waals surface area contributed by atoms with E-state index < -0.39 is 0 Å². The van der Waals surface area contributed by atoms with E-state index in [4.69, 9.17) is 4.74 Å². The quantitative estimate of drug-likeness (QED) is 0.338. The molecule has 1 aliphatic rings. The fourth-order valence-corrected chi connectivity index (χ4v) is 4.46. The molecule has 0 spiro atoms. The minimum absolute atomic E-state index is 0.251. The van der Waals surface area contributed by atoms with Crippen LogP contribution in [0.1, 0.15) is 11.1 Å². The Labute approximate surface area is 213 Å². The van der Waals surface area contributed by atoms with Gasteiger partial charge in [-0.05, 0) is 23.8 Å². The maximum absolute atomic E-state index is 13.0. The van der Waals surface area contributed by atoms with E-state index in [1.165, 1.54) is 12.1 Å². The highest BCUT2D eigenvalue weighted by Crippen LogP contribution is 2.27. The lowest BCUT2D eigenvalue weighted by Gasteiger charge is -2.35. The fourth-order valence-electron chi connectivity index (χ4n) is 4.46. The molecule has 0 amide bonds. The molecule has 4 aromatic heterocycles. The van der Waals surface area contributed by atoms with E-state index >= 15 is 0 Å². The van der Waals surface area contributed by atoms with Crippen LogP contribution in [-0.4, -0.2) is 60.5 Å². The van der Waals surface area contributed by atoms with Gasteiger partial charge in [0.1, 0.15) is 17.7 Å². The number of anilines is 2. The fraction of sp³-hybridized carbons (Fsp3) is 0.269. The number of fused-ring (bicyclic) bond motifs is 1.